The van der Waals surface area contributed by atoms with Crippen molar-refractivity contribution in [1.29, 1.82) is 0 Å². The molecule has 92 valence electrons. The lowest BCUT2D eigenvalue weighted by Crippen LogP contribution is -2.51. The minimum Gasteiger partial charge on any atom is -0.375 e. The van der Waals surface area contributed by atoms with Crippen LogP contribution in [0.25, 0.3) is 0 Å². The molecule has 4 nitrogen and oxygen atoms in total. The van der Waals surface area contributed by atoms with E-state index in [4.69, 9.17) is 4.74 Å². The average molecular weight is 244 g/mol. The molecule has 1 amide bonds. The van der Waals surface area contributed by atoms with Crippen molar-refractivity contribution in [2.75, 3.05) is 18.2 Å². The number of rotatable bonds is 2. The van der Waals surface area contributed by atoms with Gasteiger partial charge in [-0.05, 0) is 26.7 Å². The van der Waals surface area contributed by atoms with Crippen molar-refractivity contribution in [3.8, 4) is 0 Å². The van der Waals surface area contributed by atoms with E-state index in [1.54, 1.807) is 11.8 Å². The van der Waals surface area contributed by atoms with Crippen molar-refractivity contribution >= 4 is 17.7 Å². The highest BCUT2D eigenvalue weighted by Crippen LogP contribution is 2.24. The number of carbonyl (C=O) groups is 1. The van der Waals surface area contributed by atoms with Crippen LogP contribution < -0.4 is 10.6 Å². The highest BCUT2D eigenvalue weighted by Gasteiger charge is 2.31. The Morgan fingerprint density at radius 1 is 1.56 bits per heavy atom. The first-order valence-corrected chi connectivity index (χ1v) is 6.98. The molecule has 0 spiro atoms. The molecule has 2 rings (SSSR count). The fourth-order valence-corrected chi connectivity index (χ4v) is 3.16. The second-order valence-electron chi connectivity index (χ2n) is 5.08. The Morgan fingerprint density at radius 2 is 2.38 bits per heavy atom. The normalized spacial score (nSPS) is 33.6. The molecule has 5 heteroatoms. The molecule has 2 fully saturated rings. The number of hydrogen-bond acceptors (Lipinski definition) is 4. The zero-order chi connectivity index (χ0) is 11.6. The molecule has 0 saturated carbocycles. The molecular weight excluding hydrogens is 224 g/mol. The van der Waals surface area contributed by atoms with Gasteiger partial charge in [0.25, 0.3) is 0 Å². The summed E-state index contributed by atoms with van der Waals surface area (Å²) in [6, 6.07) is 0.264. The monoisotopic (exact) mass is 244 g/mol. The SMILES string of the molecule is CC1(C)CC(NC(=O)C2CSCN2)CCO1. The van der Waals surface area contributed by atoms with Gasteiger partial charge in [0, 0.05) is 24.3 Å². The van der Waals surface area contributed by atoms with Gasteiger partial charge in [0.1, 0.15) is 0 Å². The highest BCUT2D eigenvalue weighted by atomic mass is 32.2. The van der Waals surface area contributed by atoms with Crippen LogP contribution in [-0.4, -0.2) is 41.8 Å². The first-order valence-electron chi connectivity index (χ1n) is 5.82. The van der Waals surface area contributed by atoms with E-state index in [0.717, 1.165) is 31.1 Å². The maximum atomic E-state index is 11.9. The van der Waals surface area contributed by atoms with E-state index in [9.17, 15) is 4.79 Å². The van der Waals surface area contributed by atoms with Crippen LogP contribution in [0.5, 0.6) is 0 Å². The summed E-state index contributed by atoms with van der Waals surface area (Å²) in [5.74, 6) is 1.92. The largest absolute Gasteiger partial charge is 0.375 e. The van der Waals surface area contributed by atoms with Crippen LogP contribution in [0.15, 0.2) is 0 Å². The van der Waals surface area contributed by atoms with Crippen molar-refractivity contribution < 1.29 is 9.53 Å². The van der Waals surface area contributed by atoms with E-state index in [2.05, 4.69) is 24.5 Å². The molecule has 2 saturated heterocycles. The third kappa shape index (κ3) is 3.12. The predicted octanol–water partition coefficient (Wildman–Crippen LogP) is 0.723. The van der Waals surface area contributed by atoms with E-state index in [-0.39, 0.29) is 23.6 Å². The van der Waals surface area contributed by atoms with Gasteiger partial charge >= 0.3 is 0 Å². The van der Waals surface area contributed by atoms with Crippen molar-refractivity contribution in [3.63, 3.8) is 0 Å². The Kier molecular flexibility index (Phi) is 3.77. The van der Waals surface area contributed by atoms with Gasteiger partial charge in [-0.25, -0.2) is 0 Å². The Morgan fingerprint density at radius 3 is 3.00 bits per heavy atom. The minimum atomic E-state index is -0.103. The maximum Gasteiger partial charge on any atom is 0.238 e. The first-order chi connectivity index (χ1) is 7.57. The molecule has 0 aromatic rings. The zero-order valence-corrected chi connectivity index (χ0v) is 10.7. The Balaban J connectivity index is 1.82. The van der Waals surface area contributed by atoms with Gasteiger partial charge in [0.2, 0.25) is 5.91 Å². The number of thioether (sulfide) groups is 1. The fraction of sp³-hybridized carbons (Fsp3) is 0.909. The van der Waals surface area contributed by atoms with E-state index < -0.39 is 0 Å². The molecule has 2 N–H and O–H groups in total. The molecule has 2 aliphatic heterocycles. The van der Waals surface area contributed by atoms with Gasteiger partial charge in [-0.1, -0.05) is 0 Å². The summed E-state index contributed by atoms with van der Waals surface area (Å²) in [5.41, 5.74) is -0.103. The number of hydrogen-bond donors (Lipinski definition) is 2. The third-order valence-electron chi connectivity index (χ3n) is 3.08. The van der Waals surface area contributed by atoms with Crippen LogP contribution in [0.3, 0.4) is 0 Å². The quantitative estimate of drug-likeness (QED) is 0.751. The summed E-state index contributed by atoms with van der Waals surface area (Å²) >= 11 is 1.78. The van der Waals surface area contributed by atoms with Gasteiger partial charge < -0.3 is 10.1 Å². The number of ether oxygens (including phenoxy) is 1. The topological polar surface area (TPSA) is 50.4 Å². The molecule has 16 heavy (non-hydrogen) atoms. The van der Waals surface area contributed by atoms with E-state index in [0.29, 0.717) is 0 Å². The Labute approximate surface area is 101 Å². The van der Waals surface area contributed by atoms with Crippen LogP contribution in [0.1, 0.15) is 26.7 Å². The van der Waals surface area contributed by atoms with Crippen LogP contribution in [0, 0.1) is 0 Å². The van der Waals surface area contributed by atoms with Crippen molar-refractivity contribution in [3.05, 3.63) is 0 Å². The summed E-state index contributed by atoms with van der Waals surface area (Å²) in [6.07, 6.45) is 1.83. The second-order valence-corrected chi connectivity index (χ2v) is 6.11. The molecule has 0 aromatic carbocycles. The molecule has 2 unspecified atom stereocenters. The molecule has 0 aliphatic carbocycles. The molecule has 0 bridgehead atoms. The summed E-state index contributed by atoms with van der Waals surface area (Å²) in [6.45, 7) is 4.90. The number of carbonyl (C=O) groups excluding carboxylic acids is 1. The maximum absolute atomic E-state index is 11.9. The van der Waals surface area contributed by atoms with E-state index in [1.165, 1.54) is 0 Å². The lowest BCUT2D eigenvalue weighted by molar-refractivity contribution is -0.125. The lowest BCUT2D eigenvalue weighted by atomic mass is 9.94. The molecule has 2 aliphatic rings. The number of amides is 1. The highest BCUT2D eigenvalue weighted by molar-refractivity contribution is 7.99. The second kappa shape index (κ2) is 4.94. The number of nitrogens with one attached hydrogen (secondary N) is 2. The van der Waals surface area contributed by atoms with Gasteiger partial charge in [0.05, 0.1) is 11.6 Å². The van der Waals surface area contributed by atoms with Crippen LogP contribution in [0.2, 0.25) is 0 Å². The third-order valence-corrected chi connectivity index (χ3v) is 4.02. The van der Waals surface area contributed by atoms with Crippen molar-refractivity contribution in [1.82, 2.24) is 10.6 Å². The fourth-order valence-electron chi connectivity index (χ4n) is 2.22. The van der Waals surface area contributed by atoms with Gasteiger partial charge in [-0.2, -0.15) is 0 Å². The van der Waals surface area contributed by atoms with Gasteiger partial charge in [0.15, 0.2) is 0 Å². The van der Waals surface area contributed by atoms with Crippen molar-refractivity contribution in [2.45, 2.75) is 44.4 Å². The Bertz CT molecular complexity index is 265. The van der Waals surface area contributed by atoms with Crippen LogP contribution >= 0.6 is 11.8 Å². The molecule has 0 radical (unpaired) electrons. The molecular formula is C11H20N2O2S. The zero-order valence-electron chi connectivity index (χ0n) is 9.91. The van der Waals surface area contributed by atoms with Gasteiger partial charge in [-0.3, -0.25) is 10.1 Å². The van der Waals surface area contributed by atoms with Gasteiger partial charge in [-0.15, -0.1) is 11.8 Å². The molecule has 2 heterocycles. The van der Waals surface area contributed by atoms with Crippen molar-refractivity contribution in [2.24, 2.45) is 0 Å². The summed E-state index contributed by atoms with van der Waals surface area (Å²) < 4.78 is 5.63. The summed E-state index contributed by atoms with van der Waals surface area (Å²) in [4.78, 5) is 11.9. The summed E-state index contributed by atoms with van der Waals surface area (Å²) in [7, 11) is 0. The first kappa shape index (κ1) is 12.2. The lowest BCUT2D eigenvalue weighted by Gasteiger charge is -2.36. The van der Waals surface area contributed by atoms with Crippen LogP contribution in [-0.2, 0) is 9.53 Å². The molecule has 0 aromatic heterocycles. The van der Waals surface area contributed by atoms with E-state index in [1.807, 2.05) is 0 Å². The standard InChI is InChI=1S/C11H20N2O2S/c1-11(2)5-8(3-4-15-11)13-10(14)9-6-16-7-12-9/h8-9,12H,3-7H2,1-2H3,(H,13,14). The molecule has 2 atom stereocenters. The predicted molar refractivity (Wildman–Crippen MR) is 65.4 cm³/mol. The summed E-state index contributed by atoms with van der Waals surface area (Å²) in [5, 5.41) is 6.31. The van der Waals surface area contributed by atoms with Crippen LogP contribution in [0.4, 0.5) is 0 Å². The van der Waals surface area contributed by atoms with E-state index >= 15 is 0 Å². The minimum absolute atomic E-state index is 0.00374. The average Bonchev–Trinajstić information content (AvgIpc) is 2.68. The smallest absolute Gasteiger partial charge is 0.238 e. The Hall–Kier alpha value is -0.260.